The third kappa shape index (κ3) is 4.14. The standard InChI is InChI=1S/C17H27NO2/c1-3-19-17-12-14(9-10-18)7-8-16(17)20-15-6-4-5-13(2)11-15/h7-8,12-13,15H,3-6,9-11,18H2,1-2H3. The smallest absolute Gasteiger partial charge is 0.161 e. The Balaban J connectivity index is 2.08. The summed E-state index contributed by atoms with van der Waals surface area (Å²) in [6, 6.07) is 6.20. The number of nitrogens with two attached hydrogens (primary N) is 1. The van der Waals surface area contributed by atoms with Crippen LogP contribution in [-0.2, 0) is 6.42 Å². The number of hydrogen-bond donors (Lipinski definition) is 1. The van der Waals surface area contributed by atoms with Crippen LogP contribution in [0.1, 0.15) is 45.1 Å². The Morgan fingerprint density at radius 1 is 1.25 bits per heavy atom. The van der Waals surface area contributed by atoms with Crippen molar-refractivity contribution >= 4 is 0 Å². The maximum atomic E-state index is 6.19. The molecule has 1 aromatic rings. The summed E-state index contributed by atoms with van der Waals surface area (Å²) >= 11 is 0. The summed E-state index contributed by atoms with van der Waals surface area (Å²) in [6.07, 6.45) is 6.10. The summed E-state index contributed by atoms with van der Waals surface area (Å²) in [5.74, 6) is 2.50. The Hall–Kier alpha value is -1.22. The highest BCUT2D eigenvalue weighted by atomic mass is 16.5. The first-order valence-electron chi connectivity index (χ1n) is 7.85. The van der Waals surface area contributed by atoms with Crippen LogP contribution in [0.4, 0.5) is 0 Å². The minimum Gasteiger partial charge on any atom is -0.490 e. The Morgan fingerprint density at radius 2 is 2.10 bits per heavy atom. The van der Waals surface area contributed by atoms with Gasteiger partial charge in [-0.25, -0.2) is 0 Å². The van der Waals surface area contributed by atoms with E-state index in [2.05, 4.69) is 19.1 Å². The largest absolute Gasteiger partial charge is 0.490 e. The predicted molar refractivity (Wildman–Crippen MR) is 82.4 cm³/mol. The van der Waals surface area contributed by atoms with Crippen LogP contribution >= 0.6 is 0 Å². The molecule has 0 aliphatic heterocycles. The van der Waals surface area contributed by atoms with Crippen LogP contribution in [0, 0.1) is 5.92 Å². The van der Waals surface area contributed by atoms with Gasteiger partial charge in [0.1, 0.15) is 0 Å². The highest BCUT2D eigenvalue weighted by Crippen LogP contribution is 2.33. The van der Waals surface area contributed by atoms with E-state index in [9.17, 15) is 0 Å². The molecule has 1 fully saturated rings. The van der Waals surface area contributed by atoms with Gasteiger partial charge in [-0.1, -0.05) is 19.4 Å². The first-order chi connectivity index (χ1) is 9.72. The van der Waals surface area contributed by atoms with Crippen molar-refractivity contribution in [3.8, 4) is 11.5 Å². The van der Waals surface area contributed by atoms with E-state index in [1.807, 2.05) is 13.0 Å². The van der Waals surface area contributed by atoms with Gasteiger partial charge in [-0.05, 0) is 62.8 Å². The molecule has 1 aliphatic rings. The summed E-state index contributed by atoms with van der Waals surface area (Å²) in [4.78, 5) is 0. The zero-order valence-corrected chi connectivity index (χ0v) is 12.7. The fourth-order valence-electron chi connectivity index (χ4n) is 2.91. The average Bonchev–Trinajstić information content (AvgIpc) is 2.42. The molecule has 1 aromatic carbocycles. The van der Waals surface area contributed by atoms with Gasteiger partial charge in [-0.3, -0.25) is 0 Å². The molecule has 1 saturated carbocycles. The minimum absolute atomic E-state index is 0.332. The van der Waals surface area contributed by atoms with Gasteiger partial charge in [0.25, 0.3) is 0 Å². The number of benzene rings is 1. The quantitative estimate of drug-likeness (QED) is 0.865. The van der Waals surface area contributed by atoms with Crippen molar-refractivity contribution in [1.82, 2.24) is 0 Å². The van der Waals surface area contributed by atoms with E-state index in [1.165, 1.54) is 18.4 Å². The SMILES string of the molecule is CCOc1cc(CCN)ccc1OC1CCCC(C)C1. The van der Waals surface area contributed by atoms with Crippen molar-refractivity contribution in [2.45, 2.75) is 52.1 Å². The molecule has 20 heavy (non-hydrogen) atoms. The Bertz CT molecular complexity index is 419. The monoisotopic (exact) mass is 277 g/mol. The van der Waals surface area contributed by atoms with Gasteiger partial charge in [0.15, 0.2) is 11.5 Å². The van der Waals surface area contributed by atoms with E-state index in [0.717, 1.165) is 36.7 Å². The van der Waals surface area contributed by atoms with Gasteiger partial charge in [0.2, 0.25) is 0 Å². The second kappa shape index (κ2) is 7.53. The van der Waals surface area contributed by atoms with E-state index in [1.54, 1.807) is 0 Å². The number of rotatable bonds is 6. The van der Waals surface area contributed by atoms with Gasteiger partial charge in [0, 0.05) is 0 Å². The van der Waals surface area contributed by atoms with Crippen molar-refractivity contribution in [2.24, 2.45) is 11.7 Å². The Kier molecular flexibility index (Phi) is 5.72. The van der Waals surface area contributed by atoms with E-state index >= 15 is 0 Å². The second-order valence-electron chi connectivity index (χ2n) is 5.76. The Morgan fingerprint density at radius 3 is 2.80 bits per heavy atom. The van der Waals surface area contributed by atoms with Crippen molar-refractivity contribution < 1.29 is 9.47 Å². The van der Waals surface area contributed by atoms with Crippen LogP contribution in [-0.4, -0.2) is 19.3 Å². The molecule has 2 unspecified atom stereocenters. The van der Waals surface area contributed by atoms with Gasteiger partial charge in [-0.2, -0.15) is 0 Å². The van der Waals surface area contributed by atoms with Crippen molar-refractivity contribution in [2.75, 3.05) is 13.2 Å². The van der Waals surface area contributed by atoms with E-state index in [0.29, 0.717) is 19.3 Å². The van der Waals surface area contributed by atoms with Crippen LogP contribution in [0.2, 0.25) is 0 Å². The number of hydrogen-bond acceptors (Lipinski definition) is 3. The molecule has 112 valence electrons. The zero-order chi connectivity index (χ0) is 14.4. The van der Waals surface area contributed by atoms with Crippen molar-refractivity contribution in [1.29, 1.82) is 0 Å². The third-order valence-corrected chi connectivity index (χ3v) is 3.92. The molecule has 0 spiro atoms. The molecular weight excluding hydrogens is 250 g/mol. The highest BCUT2D eigenvalue weighted by Gasteiger charge is 2.21. The fraction of sp³-hybridized carbons (Fsp3) is 0.647. The molecule has 0 amide bonds. The summed E-state index contributed by atoms with van der Waals surface area (Å²) < 4.78 is 11.9. The van der Waals surface area contributed by atoms with E-state index in [-0.39, 0.29) is 0 Å². The van der Waals surface area contributed by atoms with Crippen LogP contribution in [0.5, 0.6) is 11.5 Å². The molecule has 0 radical (unpaired) electrons. The fourth-order valence-corrected chi connectivity index (χ4v) is 2.91. The van der Waals surface area contributed by atoms with Gasteiger partial charge in [-0.15, -0.1) is 0 Å². The maximum absolute atomic E-state index is 6.19. The topological polar surface area (TPSA) is 44.5 Å². The predicted octanol–water partition coefficient (Wildman–Crippen LogP) is 3.54. The summed E-state index contributed by atoms with van der Waals surface area (Å²) in [7, 11) is 0. The highest BCUT2D eigenvalue weighted by molar-refractivity contribution is 5.43. The Labute approximate surface area is 122 Å². The molecule has 3 heteroatoms. The summed E-state index contributed by atoms with van der Waals surface area (Å²) in [5.41, 5.74) is 6.82. The van der Waals surface area contributed by atoms with Crippen LogP contribution in [0.3, 0.4) is 0 Å². The van der Waals surface area contributed by atoms with Gasteiger partial charge >= 0.3 is 0 Å². The lowest BCUT2D eigenvalue weighted by molar-refractivity contribution is 0.124. The van der Waals surface area contributed by atoms with Crippen molar-refractivity contribution in [3.63, 3.8) is 0 Å². The lowest BCUT2D eigenvalue weighted by Gasteiger charge is -2.28. The summed E-state index contributed by atoms with van der Waals surface area (Å²) in [5, 5.41) is 0. The van der Waals surface area contributed by atoms with Crippen molar-refractivity contribution in [3.05, 3.63) is 23.8 Å². The van der Waals surface area contributed by atoms with E-state index in [4.69, 9.17) is 15.2 Å². The first kappa shape index (κ1) is 15.2. The average molecular weight is 277 g/mol. The van der Waals surface area contributed by atoms with Crippen LogP contribution in [0.15, 0.2) is 18.2 Å². The zero-order valence-electron chi connectivity index (χ0n) is 12.7. The normalized spacial score (nSPS) is 22.6. The molecule has 0 heterocycles. The molecule has 0 aromatic heterocycles. The molecule has 0 saturated heterocycles. The maximum Gasteiger partial charge on any atom is 0.161 e. The summed E-state index contributed by atoms with van der Waals surface area (Å²) in [6.45, 7) is 5.63. The lowest BCUT2D eigenvalue weighted by Crippen LogP contribution is -2.24. The molecular formula is C17H27NO2. The number of ether oxygens (including phenoxy) is 2. The molecule has 2 N–H and O–H groups in total. The van der Waals surface area contributed by atoms with Crippen LogP contribution < -0.4 is 15.2 Å². The molecule has 1 aliphatic carbocycles. The minimum atomic E-state index is 0.332. The van der Waals surface area contributed by atoms with Gasteiger partial charge < -0.3 is 15.2 Å². The molecule has 3 nitrogen and oxygen atoms in total. The van der Waals surface area contributed by atoms with Crippen LogP contribution in [0.25, 0.3) is 0 Å². The van der Waals surface area contributed by atoms with Gasteiger partial charge in [0.05, 0.1) is 12.7 Å². The molecule has 0 bridgehead atoms. The first-order valence-corrected chi connectivity index (χ1v) is 7.85. The van der Waals surface area contributed by atoms with E-state index < -0.39 is 0 Å². The lowest BCUT2D eigenvalue weighted by atomic mass is 9.89. The second-order valence-corrected chi connectivity index (χ2v) is 5.76. The third-order valence-electron chi connectivity index (χ3n) is 3.92. The molecule has 2 atom stereocenters. The molecule has 2 rings (SSSR count).